The average molecular weight is 524 g/mol. The molecule has 4 aromatic rings. The third kappa shape index (κ3) is 5.31. The quantitative estimate of drug-likeness (QED) is 0.335. The third-order valence-corrected chi connectivity index (χ3v) is 6.69. The lowest BCUT2D eigenvalue weighted by molar-refractivity contribution is -0.692. The number of carbonyl (C=O) groups excluding carboxylic acids is 1. The molecule has 0 saturated carbocycles. The molecule has 2 N–H and O–H groups in total. The molecular weight excluding hydrogens is 496 g/mol. The van der Waals surface area contributed by atoms with E-state index in [0.29, 0.717) is 13.0 Å². The van der Waals surface area contributed by atoms with Crippen molar-refractivity contribution in [2.45, 2.75) is 31.8 Å². The lowest BCUT2D eigenvalue weighted by atomic mass is 9.71. The fraction of sp³-hybridized carbons (Fsp3) is 0.192. The van der Waals surface area contributed by atoms with E-state index in [2.05, 4.69) is 39.5 Å². The summed E-state index contributed by atoms with van der Waals surface area (Å²) in [5.41, 5.74) is 7.03. The lowest BCUT2D eigenvalue weighted by Crippen LogP contribution is -3.00. The second-order valence-corrected chi connectivity index (χ2v) is 8.64. The molecule has 2 heterocycles. The van der Waals surface area contributed by atoms with Crippen LogP contribution in [-0.4, -0.2) is 15.5 Å². The molecule has 0 unspecified atom stereocenters. The van der Waals surface area contributed by atoms with E-state index in [1.54, 1.807) is 11.3 Å². The van der Waals surface area contributed by atoms with Crippen LogP contribution in [0.25, 0.3) is 6.08 Å². The number of hydrogen-bond donors (Lipinski definition) is 1. The topological polar surface area (TPSA) is 64.8 Å². The number of aromatic nitrogens is 3. The number of thiazole rings is 1. The first-order chi connectivity index (χ1) is 15.6. The fourth-order valence-corrected chi connectivity index (χ4v) is 4.71. The Balaban J connectivity index is 0.00000306. The number of rotatable bonds is 9. The highest BCUT2D eigenvalue weighted by Gasteiger charge is 2.40. The molecule has 0 atom stereocenters. The third-order valence-electron chi connectivity index (χ3n) is 5.95. The zero-order valence-electron chi connectivity index (χ0n) is 18.5. The number of benzene rings is 2. The van der Waals surface area contributed by atoms with E-state index >= 15 is 0 Å². The van der Waals surface area contributed by atoms with Gasteiger partial charge in [-0.3, -0.25) is 4.79 Å². The van der Waals surface area contributed by atoms with Crippen LogP contribution in [0.5, 0.6) is 0 Å². The fourth-order valence-electron chi connectivity index (χ4n) is 4.15. The van der Waals surface area contributed by atoms with Crippen LogP contribution in [0.4, 0.5) is 0 Å². The van der Waals surface area contributed by atoms with Crippen molar-refractivity contribution in [2.75, 3.05) is 0 Å². The number of carbonyl (C=O) groups is 1. The van der Waals surface area contributed by atoms with Crippen LogP contribution in [0.15, 0.2) is 90.7 Å². The van der Waals surface area contributed by atoms with E-state index in [1.807, 2.05) is 78.3 Å². The van der Waals surface area contributed by atoms with Gasteiger partial charge < -0.3 is 22.7 Å². The Bertz CT molecular complexity index is 1150. The molecule has 33 heavy (non-hydrogen) atoms. The molecular formula is C26H27BrN4OS. The van der Waals surface area contributed by atoms with Crippen molar-refractivity contribution in [3.8, 4) is 0 Å². The van der Waals surface area contributed by atoms with Crippen LogP contribution in [0.3, 0.4) is 0 Å². The van der Waals surface area contributed by atoms with Crippen molar-refractivity contribution in [1.29, 1.82) is 0 Å². The largest absolute Gasteiger partial charge is 1.00 e. The highest BCUT2D eigenvalue weighted by Crippen LogP contribution is 2.36. The SMILES string of the molecule is Cc1n(CCC(C(N)=O)(c2ccccc2)c2ccccc2)cc[n+]1C/C=C/c1nccs1.[Br-]. The summed E-state index contributed by atoms with van der Waals surface area (Å²) in [7, 11) is 0. The maximum absolute atomic E-state index is 13.0. The van der Waals surface area contributed by atoms with Crippen molar-refractivity contribution in [3.63, 3.8) is 0 Å². The Morgan fingerprint density at radius 1 is 1.12 bits per heavy atom. The minimum absolute atomic E-state index is 0. The molecule has 170 valence electrons. The highest BCUT2D eigenvalue weighted by molar-refractivity contribution is 7.10. The summed E-state index contributed by atoms with van der Waals surface area (Å²) in [6.45, 7) is 3.52. The van der Waals surface area contributed by atoms with Gasteiger partial charge in [0, 0.05) is 24.9 Å². The van der Waals surface area contributed by atoms with E-state index in [9.17, 15) is 4.79 Å². The maximum atomic E-state index is 13.0. The van der Waals surface area contributed by atoms with Gasteiger partial charge in [0.2, 0.25) is 5.91 Å². The van der Waals surface area contributed by atoms with Gasteiger partial charge in [-0.15, -0.1) is 11.3 Å². The Kier molecular flexibility index (Phi) is 8.36. The summed E-state index contributed by atoms with van der Waals surface area (Å²) in [4.78, 5) is 17.3. The Hall–Kier alpha value is -3.03. The molecule has 4 rings (SSSR count). The molecule has 0 saturated heterocycles. The highest BCUT2D eigenvalue weighted by atomic mass is 79.9. The second-order valence-electron chi connectivity index (χ2n) is 7.72. The summed E-state index contributed by atoms with van der Waals surface area (Å²) >= 11 is 1.62. The molecule has 0 aliphatic carbocycles. The van der Waals surface area contributed by atoms with Crippen LogP contribution < -0.4 is 27.3 Å². The molecule has 0 fully saturated rings. The Morgan fingerprint density at radius 2 is 1.76 bits per heavy atom. The number of aryl methyl sites for hydroxylation is 1. The molecule has 0 spiro atoms. The second kappa shape index (κ2) is 11.2. The van der Waals surface area contributed by atoms with Gasteiger partial charge in [0.25, 0.3) is 5.82 Å². The van der Waals surface area contributed by atoms with E-state index in [-0.39, 0.29) is 22.9 Å². The lowest BCUT2D eigenvalue weighted by Gasteiger charge is -2.31. The van der Waals surface area contributed by atoms with Crippen molar-refractivity contribution in [1.82, 2.24) is 9.55 Å². The smallest absolute Gasteiger partial charge is 0.253 e. The Labute approximate surface area is 209 Å². The minimum atomic E-state index is -0.894. The van der Waals surface area contributed by atoms with Crippen molar-refractivity contribution in [2.24, 2.45) is 5.73 Å². The zero-order valence-corrected chi connectivity index (χ0v) is 20.9. The van der Waals surface area contributed by atoms with Crippen LogP contribution in [-0.2, 0) is 23.3 Å². The molecule has 0 aliphatic heterocycles. The van der Waals surface area contributed by atoms with Crippen LogP contribution in [0.1, 0.15) is 28.4 Å². The number of primary amides is 1. The van der Waals surface area contributed by atoms with Crippen molar-refractivity contribution >= 4 is 23.3 Å². The van der Waals surface area contributed by atoms with Gasteiger partial charge in [-0.2, -0.15) is 0 Å². The average Bonchev–Trinajstić information content (AvgIpc) is 3.46. The van der Waals surface area contributed by atoms with Gasteiger partial charge >= 0.3 is 0 Å². The van der Waals surface area contributed by atoms with Crippen LogP contribution >= 0.6 is 11.3 Å². The molecule has 0 radical (unpaired) electrons. The number of nitrogens with two attached hydrogens (primary N) is 1. The first-order valence-corrected chi connectivity index (χ1v) is 11.5. The minimum Gasteiger partial charge on any atom is -1.00 e. The monoisotopic (exact) mass is 522 g/mol. The van der Waals surface area contributed by atoms with E-state index < -0.39 is 5.41 Å². The van der Waals surface area contributed by atoms with Gasteiger partial charge in [0.1, 0.15) is 29.4 Å². The molecule has 2 aromatic heterocycles. The number of amides is 1. The summed E-state index contributed by atoms with van der Waals surface area (Å²) < 4.78 is 4.36. The van der Waals surface area contributed by atoms with E-state index in [4.69, 9.17) is 5.73 Å². The van der Waals surface area contributed by atoms with Crippen LogP contribution in [0.2, 0.25) is 0 Å². The Morgan fingerprint density at radius 3 is 2.30 bits per heavy atom. The number of imidazole rings is 1. The first-order valence-electron chi connectivity index (χ1n) is 10.6. The maximum Gasteiger partial charge on any atom is 0.253 e. The summed E-state index contributed by atoms with van der Waals surface area (Å²) in [5, 5.41) is 2.97. The van der Waals surface area contributed by atoms with Crippen molar-refractivity contribution < 1.29 is 26.3 Å². The molecule has 0 bridgehead atoms. The summed E-state index contributed by atoms with van der Waals surface area (Å²) in [6, 6.07) is 19.7. The standard InChI is InChI=1S/C26H26N4OS.BrH/c1-21-29(16-8-13-24-28-15-20-32-24)18-19-30(21)17-14-26(25(27)31,22-9-4-2-5-10-22)23-11-6-3-7-12-23;/h2-13,15,18-20H,14,16-17H2,1H3,(H-,27,31);1H/b13-8+;. The van der Waals surface area contributed by atoms with Gasteiger partial charge in [-0.25, -0.2) is 14.1 Å². The van der Waals surface area contributed by atoms with Crippen LogP contribution in [0, 0.1) is 6.92 Å². The number of hydrogen-bond acceptors (Lipinski definition) is 3. The molecule has 7 heteroatoms. The van der Waals surface area contributed by atoms with Gasteiger partial charge in [-0.1, -0.05) is 60.7 Å². The zero-order chi connectivity index (χ0) is 22.4. The van der Waals surface area contributed by atoms with Gasteiger partial charge in [-0.05, 0) is 23.3 Å². The predicted molar refractivity (Wildman–Crippen MR) is 128 cm³/mol. The van der Waals surface area contributed by atoms with Gasteiger partial charge in [0.05, 0.1) is 6.54 Å². The van der Waals surface area contributed by atoms with Crippen molar-refractivity contribution in [3.05, 3.63) is 113 Å². The summed E-state index contributed by atoms with van der Waals surface area (Å²) in [6.07, 6.45) is 10.7. The van der Waals surface area contributed by atoms with E-state index in [0.717, 1.165) is 28.5 Å². The molecule has 1 amide bonds. The summed E-state index contributed by atoms with van der Waals surface area (Å²) in [5.74, 6) is 0.784. The number of nitrogens with zero attached hydrogens (tertiary/aromatic N) is 3. The molecule has 0 aliphatic rings. The van der Waals surface area contributed by atoms with E-state index in [1.165, 1.54) is 0 Å². The number of halogens is 1. The normalized spacial score (nSPS) is 11.4. The molecule has 2 aromatic carbocycles. The predicted octanol–water partition coefficient (Wildman–Crippen LogP) is 1.12. The van der Waals surface area contributed by atoms with Gasteiger partial charge in [0.15, 0.2) is 0 Å². The molecule has 5 nitrogen and oxygen atoms in total. The number of allylic oxidation sites excluding steroid dienone is 1. The first kappa shape index (κ1) is 24.6.